The van der Waals surface area contributed by atoms with Crippen LogP contribution in [-0.4, -0.2) is 76.4 Å². The minimum Gasteiger partial charge on any atom is -0.379 e. The fraction of sp³-hybridized carbons (Fsp3) is 0.941. The Morgan fingerprint density at radius 3 is 1.32 bits per heavy atom. The second-order valence-electron chi connectivity index (χ2n) is 15.9. The molecule has 230 valence electrons. The van der Waals surface area contributed by atoms with Gasteiger partial charge in [0.25, 0.3) is 0 Å². The maximum Gasteiger partial charge on any atom is 0.207 e. The molecule has 1 heterocycles. The van der Waals surface area contributed by atoms with E-state index >= 15 is 0 Å². The number of ether oxygens (including phenoxy) is 3. The molecular formula is C34H54N2O5. The van der Waals surface area contributed by atoms with Crippen molar-refractivity contribution in [2.45, 2.75) is 95.5 Å². The lowest BCUT2D eigenvalue weighted by Gasteiger charge is -2.57. The highest BCUT2D eigenvalue weighted by atomic mass is 16.5. The van der Waals surface area contributed by atoms with Gasteiger partial charge in [-0.05, 0) is 123 Å². The summed E-state index contributed by atoms with van der Waals surface area (Å²) in [6.45, 7) is 4.91. The highest BCUT2D eigenvalue weighted by Crippen LogP contribution is 2.63. The molecule has 0 atom stereocenters. The molecule has 9 aliphatic rings. The van der Waals surface area contributed by atoms with Gasteiger partial charge in [0.1, 0.15) is 0 Å². The molecule has 0 spiro atoms. The van der Waals surface area contributed by atoms with Gasteiger partial charge in [-0.15, -0.1) is 0 Å². The molecule has 1 aliphatic heterocycles. The van der Waals surface area contributed by atoms with Gasteiger partial charge in [0.05, 0.1) is 33.0 Å². The van der Waals surface area contributed by atoms with Gasteiger partial charge in [-0.2, -0.15) is 0 Å². The van der Waals surface area contributed by atoms with Crippen LogP contribution in [0.15, 0.2) is 0 Å². The lowest BCUT2D eigenvalue weighted by molar-refractivity contribution is -0.174. The van der Waals surface area contributed by atoms with E-state index in [0.717, 1.165) is 87.1 Å². The maximum absolute atomic E-state index is 14.7. The number of nitrogens with one attached hydrogen (secondary N) is 2. The summed E-state index contributed by atoms with van der Waals surface area (Å²) in [7, 11) is 0. The van der Waals surface area contributed by atoms with Crippen LogP contribution in [-0.2, 0) is 23.8 Å². The van der Waals surface area contributed by atoms with Crippen LogP contribution in [0.4, 0.5) is 0 Å². The van der Waals surface area contributed by atoms with Crippen molar-refractivity contribution in [1.29, 1.82) is 0 Å². The summed E-state index contributed by atoms with van der Waals surface area (Å²) in [5.74, 6) is 4.69. The number of ketones is 2. The van der Waals surface area contributed by atoms with Gasteiger partial charge < -0.3 is 24.8 Å². The molecule has 0 amide bonds. The lowest BCUT2D eigenvalue weighted by atomic mass is 9.47. The van der Waals surface area contributed by atoms with E-state index < -0.39 is 5.60 Å². The van der Waals surface area contributed by atoms with Crippen LogP contribution in [0.25, 0.3) is 0 Å². The highest BCUT2D eigenvalue weighted by Gasteiger charge is 2.58. The van der Waals surface area contributed by atoms with Crippen LogP contribution >= 0.6 is 0 Å². The standard InChI is InChI=1S/C34H54N2O5/c37-30(21-32-15-24-9-25(16-32)11-26(10-24)17-32)34(23-40-7-3-35-1-5-39-6-2-36-4-8-41-34)31(38)22-33-18-27-12-28(19-33)14-29(13-27)20-33/h24-29,35-36H,1-23H2. The number of hydrogen-bond acceptors (Lipinski definition) is 7. The van der Waals surface area contributed by atoms with E-state index in [0.29, 0.717) is 52.4 Å². The van der Waals surface area contributed by atoms with Crippen LogP contribution in [0, 0.1) is 46.3 Å². The molecule has 7 heteroatoms. The van der Waals surface area contributed by atoms with Crippen molar-refractivity contribution in [3.05, 3.63) is 0 Å². The van der Waals surface area contributed by atoms with Gasteiger partial charge in [0.2, 0.25) is 5.60 Å². The Morgan fingerprint density at radius 2 is 0.902 bits per heavy atom. The quantitative estimate of drug-likeness (QED) is 0.460. The molecule has 1 saturated heterocycles. The van der Waals surface area contributed by atoms with Gasteiger partial charge in [-0.25, -0.2) is 0 Å². The second kappa shape index (κ2) is 11.9. The molecule has 0 radical (unpaired) electrons. The Hall–Kier alpha value is -0.860. The molecule has 9 rings (SSSR count). The summed E-state index contributed by atoms with van der Waals surface area (Å²) in [4.78, 5) is 29.5. The summed E-state index contributed by atoms with van der Waals surface area (Å²) >= 11 is 0. The SMILES string of the molecule is O=C(CC12CC3CC(CC(C3)C1)C2)C1(C(=O)CC23CC4CC(CC(C4)C2)C3)COCCNCCOCCNCCO1. The minimum atomic E-state index is -1.48. The van der Waals surface area contributed by atoms with Crippen LogP contribution in [0.1, 0.15) is 89.9 Å². The molecule has 2 N–H and O–H groups in total. The molecule has 8 aliphatic carbocycles. The van der Waals surface area contributed by atoms with Crippen LogP contribution in [0.3, 0.4) is 0 Å². The molecule has 7 nitrogen and oxygen atoms in total. The van der Waals surface area contributed by atoms with Gasteiger partial charge in [-0.1, -0.05) is 0 Å². The molecule has 0 unspecified atom stereocenters. The van der Waals surface area contributed by atoms with Gasteiger partial charge in [0.15, 0.2) is 11.6 Å². The fourth-order valence-corrected chi connectivity index (χ4v) is 11.8. The molecule has 0 aromatic rings. The van der Waals surface area contributed by atoms with E-state index in [-0.39, 0.29) is 29.0 Å². The van der Waals surface area contributed by atoms with Crippen molar-refractivity contribution in [2.24, 2.45) is 46.3 Å². The van der Waals surface area contributed by atoms with Crippen molar-refractivity contribution in [3.8, 4) is 0 Å². The Kier molecular flexibility index (Phi) is 8.39. The summed E-state index contributed by atoms with van der Waals surface area (Å²) in [5.41, 5.74) is -1.35. The third kappa shape index (κ3) is 6.09. The summed E-state index contributed by atoms with van der Waals surface area (Å²) in [6, 6.07) is 0. The average Bonchev–Trinajstić information content (AvgIpc) is 2.90. The number of rotatable bonds is 6. The third-order valence-electron chi connectivity index (χ3n) is 12.5. The first-order valence-corrected chi connectivity index (χ1v) is 17.2. The molecular weight excluding hydrogens is 516 g/mol. The van der Waals surface area contributed by atoms with E-state index in [1.165, 1.54) is 38.5 Å². The average molecular weight is 571 g/mol. The normalized spacial score (nSPS) is 46.6. The minimum absolute atomic E-state index is 0.0230. The first-order chi connectivity index (χ1) is 19.9. The first kappa shape index (κ1) is 28.9. The Labute approximate surface area is 247 Å². The van der Waals surface area contributed by atoms with Crippen LogP contribution in [0.5, 0.6) is 0 Å². The predicted molar refractivity (Wildman–Crippen MR) is 157 cm³/mol. The molecule has 9 fully saturated rings. The molecule has 8 bridgehead atoms. The highest BCUT2D eigenvalue weighted by molar-refractivity contribution is 6.11. The van der Waals surface area contributed by atoms with Crippen molar-refractivity contribution in [2.75, 3.05) is 59.2 Å². The third-order valence-corrected chi connectivity index (χ3v) is 12.5. The van der Waals surface area contributed by atoms with Gasteiger partial charge in [0, 0.05) is 39.0 Å². The van der Waals surface area contributed by atoms with E-state index in [4.69, 9.17) is 14.2 Å². The lowest BCUT2D eigenvalue weighted by Crippen LogP contribution is -2.58. The number of hydrogen-bond donors (Lipinski definition) is 2. The van der Waals surface area contributed by atoms with E-state index in [1.807, 2.05) is 0 Å². The van der Waals surface area contributed by atoms with E-state index in [2.05, 4.69) is 10.6 Å². The largest absolute Gasteiger partial charge is 0.379 e. The molecule has 0 aromatic carbocycles. The molecule has 41 heavy (non-hydrogen) atoms. The van der Waals surface area contributed by atoms with Crippen molar-refractivity contribution >= 4 is 11.6 Å². The Bertz CT molecular complexity index is 818. The van der Waals surface area contributed by atoms with Crippen LogP contribution in [0.2, 0.25) is 0 Å². The number of Topliss-reactive ketones (excluding diaryl/α,β-unsaturated/α-hetero) is 2. The van der Waals surface area contributed by atoms with E-state index in [9.17, 15) is 9.59 Å². The van der Waals surface area contributed by atoms with Crippen molar-refractivity contribution < 1.29 is 23.8 Å². The number of carbonyl (C=O) groups is 2. The number of carbonyl (C=O) groups excluding carboxylic acids is 2. The van der Waals surface area contributed by atoms with Crippen LogP contribution < -0.4 is 10.6 Å². The van der Waals surface area contributed by atoms with Crippen molar-refractivity contribution in [1.82, 2.24) is 10.6 Å². The Balaban J connectivity index is 1.14. The Morgan fingerprint density at radius 1 is 0.537 bits per heavy atom. The smallest absolute Gasteiger partial charge is 0.207 e. The fourth-order valence-electron chi connectivity index (χ4n) is 11.8. The molecule has 0 aromatic heterocycles. The van der Waals surface area contributed by atoms with Gasteiger partial charge >= 0.3 is 0 Å². The zero-order valence-corrected chi connectivity index (χ0v) is 25.3. The zero-order valence-electron chi connectivity index (χ0n) is 25.3. The first-order valence-electron chi connectivity index (χ1n) is 17.2. The topological polar surface area (TPSA) is 85.9 Å². The second-order valence-corrected chi connectivity index (χ2v) is 15.9. The summed E-state index contributed by atoms with van der Waals surface area (Å²) in [5, 5.41) is 6.76. The monoisotopic (exact) mass is 570 g/mol. The van der Waals surface area contributed by atoms with Crippen molar-refractivity contribution in [3.63, 3.8) is 0 Å². The maximum atomic E-state index is 14.7. The summed E-state index contributed by atoms with van der Waals surface area (Å²) in [6.07, 6.45) is 16.1. The molecule has 8 saturated carbocycles. The van der Waals surface area contributed by atoms with Gasteiger partial charge in [-0.3, -0.25) is 9.59 Å². The predicted octanol–water partition coefficient (Wildman–Crippen LogP) is 4.32. The summed E-state index contributed by atoms with van der Waals surface area (Å²) < 4.78 is 18.5. The zero-order chi connectivity index (χ0) is 27.9. The van der Waals surface area contributed by atoms with E-state index in [1.54, 1.807) is 0 Å².